The van der Waals surface area contributed by atoms with Crippen LogP contribution in [0.1, 0.15) is 91.3 Å². The SMILES string of the molecule is CC1Oc2cc3c(cc2NC1=O)C(N(CCCC(N)C(=O)OC(C)(C)C)C(=O)OC(C)(C)C)CCC3. The summed E-state index contributed by atoms with van der Waals surface area (Å²) < 4.78 is 16.9. The average Bonchev–Trinajstić information content (AvgIpc) is 2.73. The summed E-state index contributed by atoms with van der Waals surface area (Å²) in [4.78, 5) is 39.6. The molecule has 2 aliphatic rings. The molecule has 1 aromatic rings. The minimum atomic E-state index is -0.773. The monoisotopic (exact) mass is 503 g/mol. The molecule has 0 bridgehead atoms. The van der Waals surface area contributed by atoms with Crippen molar-refractivity contribution in [3.05, 3.63) is 23.3 Å². The topological polar surface area (TPSA) is 120 Å². The molecule has 1 aromatic carbocycles. The van der Waals surface area contributed by atoms with Gasteiger partial charge in [-0.2, -0.15) is 0 Å². The highest BCUT2D eigenvalue weighted by Crippen LogP contribution is 2.41. The standard InChI is InChI=1S/C27H41N3O6/c1-16-23(31)29-20-15-18-17(14-22(20)34-16)10-8-12-21(18)30(25(33)36-27(5,6)7)13-9-11-19(28)24(32)35-26(2,3)4/h14-16,19,21H,8-13,28H2,1-7H3,(H,29,31). The fraction of sp³-hybridized carbons (Fsp3) is 0.667. The number of rotatable bonds is 6. The summed E-state index contributed by atoms with van der Waals surface area (Å²) in [6, 6.07) is 2.88. The van der Waals surface area contributed by atoms with Gasteiger partial charge in [-0.1, -0.05) is 0 Å². The number of aryl methyl sites for hydroxylation is 1. The van der Waals surface area contributed by atoms with Crippen LogP contribution >= 0.6 is 0 Å². The van der Waals surface area contributed by atoms with E-state index in [4.69, 9.17) is 19.9 Å². The van der Waals surface area contributed by atoms with Gasteiger partial charge >= 0.3 is 12.1 Å². The van der Waals surface area contributed by atoms with Gasteiger partial charge in [0.25, 0.3) is 5.91 Å². The van der Waals surface area contributed by atoms with Gasteiger partial charge < -0.3 is 30.2 Å². The van der Waals surface area contributed by atoms with Crippen LogP contribution in [0.5, 0.6) is 5.75 Å². The molecule has 1 heterocycles. The molecule has 0 saturated heterocycles. The van der Waals surface area contributed by atoms with Crippen LogP contribution < -0.4 is 15.8 Å². The van der Waals surface area contributed by atoms with Crippen LogP contribution in [0.4, 0.5) is 10.5 Å². The molecular weight excluding hydrogens is 462 g/mol. The van der Waals surface area contributed by atoms with Crippen LogP contribution in [0, 0.1) is 0 Å². The van der Waals surface area contributed by atoms with Crippen molar-refractivity contribution in [1.82, 2.24) is 4.90 Å². The number of benzene rings is 1. The number of nitrogens with zero attached hydrogens (tertiary/aromatic N) is 1. The molecule has 1 aliphatic heterocycles. The second-order valence-corrected chi connectivity index (χ2v) is 11.7. The summed E-state index contributed by atoms with van der Waals surface area (Å²) in [7, 11) is 0. The van der Waals surface area contributed by atoms with E-state index in [-0.39, 0.29) is 11.9 Å². The number of ether oxygens (including phenoxy) is 3. The zero-order chi connectivity index (χ0) is 26.8. The van der Waals surface area contributed by atoms with Crippen molar-refractivity contribution in [2.45, 2.75) is 110 Å². The van der Waals surface area contributed by atoms with E-state index >= 15 is 0 Å². The summed E-state index contributed by atoms with van der Waals surface area (Å²) in [5, 5.41) is 2.91. The zero-order valence-corrected chi connectivity index (χ0v) is 22.6. The van der Waals surface area contributed by atoms with Crippen LogP contribution in [0.15, 0.2) is 12.1 Å². The highest BCUT2D eigenvalue weighted by atomic mass is 16.6. The van der Waals surface area contributed by atoms with Crippen LogP contribution in [-0.4, -0.2) is 52.8 Å². The lowest BCUT2D eigenvalue weighted by atomic mass is 9.85. The first-order chi connectivity index (χ1) is 16.6. The Hall–Kier alpha value is -2.81. The normalized spacial score (nSPS) is 20.3. The number of hydrogen-bond acceptors (Lipinski definition) is 7. The number of fused-ring (bicyclic) bond motifs is 2. The lowest BCUT2D eigenvalue weighted by molar-refractivity contribution is -0.156. The minimum Gasteiger partial charge on any atom is -0.479 e. The summed E-state index contributed by atoms with van der Waals surface area (Å²) in [5.74, 6) is -0.00508. The van der Waals surface area contributed by atoms with Crippen molar-refractivity contribution in [3.8, 4) is 5.75 Å². The van der Waals surface area contributed by atoms with Gasteiger partial charge in [0.05, 0.1) is 11.7 Å². The van der Waals surface area contributed by atoms with Crippen molar-refractivity contribution in [3.63, 3.8) is 0 Å². The lowest BCUT2D eigenvalue weighted by Gasteiger charge is -2.38. The zero-order valence-electron chi connectivity index (χ0n) is 22.6. The Balaban J connectivity index is 1.82. The molecule has 2 amide bonds. The molecule has 3 N–H and O–H groups in total. The van der Waals surface area contributed by atoms with Crippen LogP contribution in [0.3, 0.4) is 0 Å². The predicted octanol–water partition coefficient (Wildman–Crippen LogP) is 4.47. The predicted molar refractivity (Wildman–Crippen MR) is 137 cm³/mol. The maximum Gasteiger partial charge on any atom is 0.410 e. The van der Waals surface area contributed by atoms with Crippen LogP contribution in [-0.2, 0) is 25.5 Å². The molecule has 0 spiro atoms. The highest BCUT2D eigenvalue weighted by molar-refractivity contribution is 5.97. The molecule has 0 saturated carbocycles. The fourth-order valence-electron chi connectivity index (χ4n) is 4.48. The average molecular weight is 504 g/mol. The maximum absolute atomic E-state index is 13.3. The molecule has 0 radical (unpaired) electrons. The maximum atomic E-state index is 13.3. The Kier molecular flexibility index (Phi) is 8.23. The van der Waals surface area contributed by atoms with Gasteiger partial charge in [-0.15, -0.1) is 0 Å². The van der Waals surface area contributed by atoms with Gasteiger partial charge in [0.2, 0.25) is 0 Å². The summed E-state index contributed by atoms with van der Waals surface area (Å²) >= 11 is 0. The second-order valence-electron chi connectivity index (χ2n) is 11.7. The smallest absolute Gasteiger partial charge is 0.410 e. The largest absolute Gasteiger partial charge is 0.479 e. The molecule has 3 atom stereocenters. The molecule has 200 valence electrons. The molecule has 9 heteroatoms. The minimum absolute atomic E-state index is 0.199. The van der Waals surface area contributed by atoms with E-state index in [0.717, 1.165) is 30.4 Å². The molecule has 0 aromatic heterocycles. The Morgan fingerprint density at radius 1 is 1.17 bits per heavy atom. The van der Waals surface area contributed by atoms with Crippen molar-refractivity contribution in [1.29, 1.82) is 0 Å². The molecule has 1 aliphatic carbocycles. The van der Waals surface area contributed by atoms with E-state index in [1.807, 2.05) is 32.9 Å². The fourth-order valence-corrected chi connectivity index (χ4v) is 4.48. The van der Waals surface area contributed by atoms with E-state index in [2.05, 4.69) is 5.32 Å². The number of amides is 2. The Labute approximate surface area is 214 Å². The van der Waals surface area contributed by atoms with Crippen molar-refractivity contribution < 1.29 is 28.6 Å². The van der Waals surface area contributed by atoms with Gasteiger partial charge in [-0.25, -0.2) is 4.79 Å². The molecule has 9 nitrogen and oxygen atoms in total. The van der Waals surface area contributed by atoms with Crippen molar-refractivity contribution in [2.75, 3.05) is 11.9 Å². The quantitative estimate of drug-likeness (QED) is 0.550. The van der Waals surface area contributed by atoms with Gasteiger partial charge in [-0.05, 0) is 104 Å². The lowest BCUT2D eigenvalue weighted by Crippen LogP contribution is -2.42. The number of nitrogens with one attached hydrogen (secondary N) is 1. The molecule has 0 fully saturated rings. The number of anilines is 1. The van der Waals surface area contributed by atoms with Crippen LogP contribution in [0.2, 0.25) is 0 Å². The van der Waals surface area contributed by atoms with E-state index < -0.39 is 35.4 Å². The molecule has 3 unspecified atom stereocenters. The van der Waals surface area contributed by atoms with E-state index in [0.29, 0.717) is 30.8 Å². The third-order valence-electron chi connectivity index (χ3n) is 6.08. The van der Waals surface area contributed by atoms with Crippen molar-refractivity contribution in [2.24, 2.45) is 5.73 Å². The van der Waals surface area contributed by atoms with Crippen molar-refractivity contribution >= 4 is 23.7 Å². The molecule has 3 rings (SSSR count). The molecular formula is C27H41N3O6. The number of carbonyl (C=O) groups excluding carboxylic acids is 3. The van der Waals surface area contributed by atoms with Crippen LogP contribution in [0.25, 0.3) is 0 Å². The number of hydrogen-bond donors (Lipinski definition) is 2. The number of nitrogens with two attached hydrogens (primary N) is 1. The van der Waals surface area contributed by atoms with Gasteiger partial charge in [0.15, 0.2) is 6.10 Å². The summed E-state index contributed by atoms with van der Waals surface area (Å²) in [6.45, 7) is 13.0. The Morgan fingerprint density at radius 3 is 2.47 bits per heavy atom. The molecule has 36 heavy (non-hydrogen) atoms. The van der Waals surface area contributed by atoms with Gasteiger partial charge in [-0.3, -0.25) is 9.59 Å². The third kappa shape index (κ3) is 7.12. The summed E-state index contributed by atoms with van der Waals surface area (Å²) in [5.41, 5.74) is 7.48. The summed E-state index contributed by atoms with van der Waals surface area (Å²) in [6.07, 6.45) is 2.42. The number of carbonyl (C=O) groups is 3. The first-order valence-electron chi connectivity index (χ1n) is 12.8. The van der Waals surface area contributed by atoms with E-state index in [1.54, 1.807) is 32.6 Å². The second kappa shape index (κ2) is 10.7. The van der Waals surface area contributed by atoms with E-state index in [1.165, 1.54) is 0 Å². The number of esters is 1. The first kappa shape index (κ1) is 27.8. The Morgan fingerprint density at radius 2 is 1.83 bits per heavy atom. The van der Waals surface area contributed by atoms with Gasteiger partial charge in [0, 0.05) is 6.54 Å². The first-order valence-corrected chi connectivity index (χ1v) is 12.8. The third-order valence-corrected chi connectivity index (χ3v) is 6.08. The van der Waals surface area contributed by atoms with E-state index in [9.17, 15) is 14.4 Å². The Bertz CT molecular complexity index is 994. The highest BCUT2D eigenvalue weighted by Gasteiger charge is 2.35. The van der Waals surface area contributed by atoms with Gasteiger partial charge in [0.1, 0.15) is 23.0 Å².